The number of carbonyl (C=O) groups excluding carboxylic acids is 2. The van der Waals surface area contributed by atoms with Gasteiger partial charge in [-0.1, -0.05) is 44.2 Å². The number of hydrogen-bond donors (Lipinski definition) is 3. The molecule has 8 heteroatoms. The number of methoxy groups -OCH3 is 1. The van der Waals surface area contributed by atoms with E-state index in [9.17, 15) is 19.5 Å². The van der Waals surface area contributed by atoms with Crippen LogP contribution in [0.4, 0.5) is 16.2 Å². The Morgan fingerprint density at radius 3 is 2.16 bits per heavy atom. The van der Waals surface area contributed by atoms with Crippen LogP contribution >= 0.6 is 0 Å². The monoisotopic (exact) mass is 501 g/mol. The van der Waals surface area contributed by atoms with Gasteiger partial charge in [0.1, 0.15) is 17.4 Å². The van der Waals surface area contributed by atoms with E-state index in [2.05, 4.69) is 24.5 Å². The third kappa shape index (κ3) is 5.91. The summed E-state index contributed by atoms with van der Waals surface area (Å²) in [6.07, 6.45) is 1.35. The molecule has 192 valence electrons. The SMILES string of the molecule is COc1cc(-c2ccc(NC(=O)[C@H]3CCCN3C(=O)Nc3ccc(C(C)C)cc3)cc2)ccc1C(=O)O. The lowest BCUT2D eigenvalue weighted by Gasteiger charge is -2.24. The van der Waals surface area contributed by atoms with Crippen molar-refractivity contribution in [3.8, 4) is 16.9 Å². The molecule has 8 nitrogen and oxygen atoms in total. The molecule has 0 bridgehead atoms. The van der Waals surface area contributed by atoms with E-state index >= 15 is 0 Å². The van der Waals surface area contributed by atoms with Gasteiger partial charge in [-0.25, -0.2) is 9.59 Å². The van der Waals surface area contributed by atoms with E-state index in [1.165, 1.54) is 18.7 Å². The van der Waals surface area contributed by atoms with Crippen molar-refractivity contribution < 1.29 is 24.2 Å². The summed E-state index contributed by atoms with van der Waals surface area (Å²) < 4.78 is 5.21. The fourth-order valence-corrected chi connectivity index (χ4v) is 4.45. The fourth-order valence-electron chi connectivity index (χ4n) is 4.45. The summed E-state index contributed by atoms with van der Waals surface area (Å²) in [5.74, 6) is -0.605. The second kappa shape index (κ2) is 11.2. The molecule has 0 spiro atoms. The van der Waals surface area contributed by atoms with E-state index < -0.39 is 12.0 Å². The van der Waals surface area contributed by atoms with Crippen molar-refractivity contribution in [2.75, 3.05) is 24.3 Å². The molecule has 1 atom stereocenters. The minimum Gasteiger partial charge on any atom is -0.496 e. The van der Waals surface area contributed by atoms with Crippen molar-refractivity contribution in [2.24, 2.45) is 0 Å². The summed E-state index contributed by atoms with van der Waals surface area (Å²) >= 11 is 0. The van der Waals surface area contributed by atoms with Gasteiger partial charge in [0.15, 0.2) is 0 Å². The minimum absolute atomic E-state index is 0.0906. The van der Waals surface area contributed by atoms with E-state index in [0.29, 0.717) is 30.3 Å². The third-order valence-corrected chi connectivity index (χ3v) is 6.56. The molecule has 3 aromatic rings. The average Bonchev–Trinajstić information content (AvgIpc) is 3.39. The average molecular weight is 502 g/mol. The van der Waals surface area contributed by atoms with E-state index in [1.807, 2.05) is 36.4 Å². The Morgan fingerprint density at radius 1 is 0.919 bits per heavy atom. The molecule has 1 fully saturated rings. The van der Waals surface area contributed by atoms with Crippen LogP contribution in [0.3, 0.4) is 0 Å². The summed E-state index contributed by atoms with van der Waals surface area (Å²) in [5.41, 5.74) is 4.23. The number of rotatable bonds is 7. The maximum Gasteiger partial charge on any atom is 0.339 e. The highest BCUT2D eigenvalue weighted by atomic mass is 16.5. The molecule has 3 aromatic carbocycles. The molecule has 4 rings (SSSR count). The quantitative estimate of drug-likeness (QED) is 0.378. The van der Waals surface area contributed by atoms with Gasteiger partial charge in [-0.3, -0.25) is 4.79 Å². The van der Waals surface area contributed by atoms with Crippen molar-refractivity contribution in [1.29, 1.82) is 0 Å². The molecule has 0 unspecified atom stereocenters. The largest absolute Gasteiger partial charge is 0.496 e. The fraction of sp³-hybridized carbons (Fsp3) is 0.276. The lowest BCUT2D eigenvalue weighted by Crippen LogP contribution is -2.45. The molecular weight excluding hydrogens is 470 g/mol. The molecule has 1 aliphatic heterocycles. The number of anilines is 2. The van der Waals surface area contributed by atoms with E-state index in [1.54, 1.807) is 29.2 Å². The number of likely N-dealkylation sites (tertiary alicyclic amines) is 1. The summed E-state index contributed by atoms with van der Waals surface area (Å²) in [5, 5.41) is 15.1. The number of carboxylic acid groups (broad SMARTS) is 1. The van der Waals surface area contributed by atoms with Crippen LogP contribution in [-0.4, -0.2) is 47.6 Å². The number of nitrogens with one attached hydrogen (secondary N) is 2. The highest BCUT2D eigenvalue weighted by Gasteiger charge is 2.34. The molecule has 3 N–H and O–H groups in total. The van der Waals surface area contributed by atoms with Crippen LogP contribution in [0.2, 0.25) is 0 Å². The molecule has 1 heterocycles. The van der Waals surface area contributed by atoms with Gasteiger partial charge in [0.2, 0.25) is 5.91 Å². The number of aromatic carboxylic acids is 1. The Kier molecular flexibility index (Phi) is 7.77. The summed E-state index contributed by atoms with van der Waals surface area (Å²) in [6, 6.07) is 19.0. The van der Waals surface area contributed by atoms with Crippen molar-refractivity contribution in [1.82, 2.24) is 4.90 Å². The molecule has 1 saturated heterocycles. The van der Waals surface area contributed by atoms with Crippen LogP contribution in [0.25, 0.3) is 11.1 Å². The zero-order chi connectivity index (χ0) is 26.5. The van der Waals surface area contributed by atoms with E-state index in [-0.39, 0.29) is 23.3 Å². The number of ether oxygens (including phenoxy) is 1. The van der Waals surface area contributed by atoms with Crippen LogP contribution in [0.1, 0.15) is 48.5 Å². The van der Waals surface area contributed by atoms with Gasteiger partial charge < -0.3 is 25.4 Å². The normalized spacial score (nSPS) is 14.9. The predicted molar refractivity (Wildman–Crippen MR) is 143 cm³/mol. The van der Waals surface area contributed by atoms with Crippen LogP contribution in [0.5, 0.6) is 5.75 Å². The van der Waals surface area contributed by atoms with E-state index in [0.717, 1.165) is 17.5 Å². The molecule has 0 radical (unpaired) electrons. The Bertz CT molecular complexity index is 1290. The zero-order valence-electron chi connectivity index (χ0n) is 21.2. The first kappa shape index (κ1) is 25.8. The van der Waals surface area contributed by atoms with Gasteiger partial charge in [-0.2, -0.15) is 0 Å². The van der Waals surface area contributed by atoms with Gasteiger partial charge in [0.25, 0.3) is 0 Å². The number of urea groups is 1. The minimum atomic E-state index is -1.06. The second-order valence-electron chi connectivity index (χ2n) is 9.35. The molecular formula is C29H31N3O5. The molecule has 0 aliphatic carbocycles. The van der Waals surface area contributed by atoms with Crippen molar-refractivity contribution in [3.63, 3.8) is 0 Å². The first-order chi connectivity index (χ1) is 17.8. The second-order valence-corrected chi connectivity index (χ2v) is 9.35. The van der Waals surface area contributed by atoms with Crippen molar-refractivity contribution >= 4 is 29.3 Å². The summed E-state index contributed by atoms with van der Waals surface area (Å²) in [4.78, 5) is 38.9. The number of nitrogens with zero attached hydrogens (tertiary/aromatic N) is 1. The Hall–Kier alpha value is -4.33. The maximum absolute atomic E-state index is 13.0. The van der Waals surface area contributed by atoms with Crippen LogP contribution in [0.15, 0.2) is 66.7 Å². The van der Waals surface area contributed by atoms with Gasteiger partial charge in [0.05, 0.1) is 7.11 Å². The number of carboxylic acids is 1. The third-order valence-electron chi connectivity index (χ3n) is 6.56. The Labute approximate surface area is 216 Å². The number of amides is 3. The van der Waals surface area contributed by atoms with E-state index in [4.69, 9.17) is 4.74 Å². The Balaban J connectivity index is 1.40. The maximum atomic E-state index is 13.0. The first-order valence-corrected chi connectivity index (χ1v) is 12.3. The standard InChI is InChI=1S/C29H31N3O5/c1-18(2)19-6-11-23(12-7-19)31-29(36)32-16-4-5-25(32)27(33)30-22-13-8-20(9-14-22)21-10-15-24(28(34)35)26(17-21)37-3/h6-15,17-18,25H,4-5,16H2,1-3H3,(H,30,33)(H,31,36)(H,34,35)/t25-/m1/s1. The van der Waals surface area contributed by atoms with Crippen LogP contribution in [-0.2, 0) is 4.79 Å². The lowest BCUT2D eigenvalue weighted by molar-refractivity contribution is -0.119. The van der Waals surface area contributed by atoms with Crippen LogP contribution in [0, 0.1) is 0 Å². The smallest absolute Gasteiger partial charge is 0.339 e. The highest BCUT2D eigenvalue weighted by molar-refractivity contribution is 5.99. The summed E-state index contributed by atoms with van der Waals surface area (Å²) in [7, 11) is 1.43. The topological polar surface area (TPSA) is 108 Å². The first-order valence-electron chi connectivity index (χ1n) is 12.3. The summed E-state index contributed by atoms with van der Waals surface area (Å²) in [6.45, 7) is 4.75. The number of benzene rings is 3. The molecule has 0 aromatic heterocycles. The number of hydrogen-bond acceptors (Lipinski definition) is 4. The van der Waals surface area contributed by atoms with Gasteiger partial charge in [-0.15, -0.1) is 0 Å². The van der Waals surface area contributed by atoms with Gasteiger partial charge in [-0.05, 0) is 71.8 Å². The predicted octanol–water partition coefficient (Wildman–Crippen LogP) is 5.82. The molecule has 1 aliphatic rings. The van der Waals surface area contributed by atoms with Gasteiger partial charge >= 0.3 is 12.0 Å². The molecule has 0 saturated carbocycles. The van der Waals surface area contributed by atoms with Gasteiger partial charge in [0, 0.05) is 17.9 Å². The van der Waals surface area contributed by atoms with Crippen LogP contribution < -0.4 is 15.4 Å². The molecule has 37 heavy (non-hydrogen) atoms. The van der Waals surface area contributed by atoms with Crippen molar-refractivity contribution in [2.45, 2.75) is 38.6 Å². The zero-order valence-corrected chi connectivity index (χ0v) is 21.2. The highest BCUT2D eigenvalue weighted by Crippen LogP contribution is 2.29. The Morgan fingerprint density at radius 2 is 1.54 bits per heavy atom. The number of carbonyl (C=O) groups is 3. The lowest BCUT2D eigenvalue weighted by atomic mass is 10.0. The van der Waals surface area contributed by atoms with Crippen molar-refractivity contribution in [3.05, 3.63) is 77.9 Å². The molecule has 3 amide bonds.